The lowest BCUT2D eigenvalue weighted by Crippen LogP contribution is -2.44. The number of phenols is 1. The number of carbonyl (C=O) groups is 1. The Morgan fingerprint density at radius 1 is 1.47 bits per heavy atom. The summed E-state index contributed by atoms with van der Waals surface area (Å²) >= 11 is 3.41. The first-order valence-corrected chi connectivity index (χ1v) is 7.92. The molecular formula is C15H20BrNO2. The molecule has 1 aliphatic rings. The average Bonchev–Trinajstić information content (AvgIpc) is 2.31. The van der Waals surface area contributed by atoms with Gasteiger partial charge in [0.05, 0.1) is 5.56 Å². The van der Waals surface area contributed by atoms with Crippen molar-refractivity contribution in [2.45, 2.75) is 38.6 Å². The molecule has 1 aromatic carbocycles. The van der Waals surface area contributed by atoms with Gasteiger partial charge in [0.2, 0.25) is 0 Å². The monoisotopic (exact) mass is 325 g/mol. The van der Waals surface area contributed by atoms with Gasteiger partial charge in [-0.1, -0.05) is 22.0 Å². The summed E-state index contributed by atoms with van der Waals surface area (Å²) in [5.41, 5.74) is 1.39. The number of amides is 1. The van der Waals surface area contributed by atoms with Gasteiger partial charge in [-0.25, -0.2) is 0 Å². The second-order valence-corrected chi connectivity index (χ2v) is 5.94. The van der Waals surface area contributed by atoms with Crippen molar-refractivity contribution >= 4 is 21.8 Å². The van der Waals surface area contributed by atoms with E-state index < -0.39 is 0 Å². The van der Waals surface area contributed by atoms with E-state index in [4.69, 9.17) is 0 Å². The number of aryl methyl sites for hydroxylation is 1. The number of alkyl halides is 1. The van der Waals surface area contributed by atoms with Crippen LogP contribution in [0.1, 0.15) is 41.6 Å². The summed E-state index contributed by atoms with van der Waals surface area (Å²) in [6.07, 6.45) is 4.30. The average molecular weight is 326 g/mol. The third-order valence-corrected chi connectivity index (χ3v) is 4.25. The SMILES string of the molecule is Cc1ccc(C(=O)N(CCCBr)C2CCC2)c(O)c1. The van der Waals surface area contributed by atoms with Crippen molar-refractivity contribution in [2.75, 3.05) is 11.9 Å². The molecule has 3 nitrogen and oxygen atoms in total. The molecule has 1 amide bonds. The second-order valence-electron chi connectivity index (χ2n) is 5.15. The number of aromatic hydroxyl groups is 1. The molecule has 0 unspecified atom stereocenters. The van der Waals surface area contributed by atoms with Crippen LogP contribution in [0.2, 0.25) is 0 Å². The summed E-state index contributed by atoms with van der Waals surface area (Å²) in [5, 5.41) is 10.8. The van der Waals surface area contributed by atoms with Crippen LogP contribution >= 0.6 is 15.9 Å². The molecule has 0 saturated heterocycles. The fraction of sp³-hybridized carbons (Fsp3) is 0.533. The van der Waals surface area contributed by atoms with Gasteiger partial charge < -0.3 is 10.0 Å². The van der Waals surface area contributed by atoms with Gasteiger partial charge in [0, 0.05) is 17.9 Å². The fourth-order valence-corrected chi connectivity index (χ4v) is 2.61. The van der Waals surface area contributed by atoms with Crippen LogP contribution in [0, 0.1) is 6.92 Å². The van der Waals surface area contributed by atoms with Crippen molar-refractivity contribution in [1.82, 2.24) is 4.90 Å². The van der Waals surface area contributed by atoms with E-state index in [0.717, 1.165) is 36.7 Å². The topological polar surface area (TPSA) is 40.5 Å². The largest absolute Gasteiger partial charge is 0.507 e. The molecule has 1 saturated carbocycles. The van der Waals surface area contributed by atoms with E-state index in [-0.39, 0.29) is 11.7 Å². The molecule has 0 aliphatic heterocycles. The van der Waals surface area contributed by atoms with Crippen LogP contribution in [0.3, 0.4) is 0 Å². The van der Waals surface area contributed by atoms with E-state index >= 15 is 0 Å². The number of benzene rings is 1. The Bertz CT molecular complexity index is 457. The first-order chi connectivity index (χ1) is 9.13. The van der Waals surface area contributed by atoms with Crippen LogP contribution in [-0.4, -0.2) is 33.8 Å². The van der Waals surface area contributed by atoms with Crippen molar-refractivity contribution in [3.05, 3.63) is 29.3 Å². The molecule has 1 aromatic rings. The summed E-state index contributed by atoms with van der Waals surface area (Å²) in [6.45, 7) is 2.66. The van der Waals surface area contributed by atoms with Crippen molar-refractivity contribution in [3.63, 3.8) is 0 Å². The first kappa shape index (κ1) is 14.4. The molecule has 0 bridgehead atoms. The highest BCUT2D eigenvalue weighted by Crippen LogP contribution is 2.28. The standard InChI is InChI=1S/C15H20BrNO2/c1-11-6-7-13(14(18)10-11)15(19)17(9-3-8-16)12-4-2-5-12/h6-7,10,12,18H,2-5,8-9H2,1H3. The summed E-state index contributed by atoms with van der Waals surface area (Å²) in [6, 6.07) is 5.60. The fourth-order valence-electron chi connectivity index (χ4n) is 2.36. The highest BCUT2D eigenvalue weighted by molar-refractivity contribution is 9.09. The number of hydrogen-bond donors (Lipinski definition) is 1. The van der Waals surface area contributed by atoms with Gasteiger partial charge in [-0.2, -0.15) is 0 Å². The van der Waals surface area contributed by atoms with Gasteiger partial charge in [-0.3, -0.25) is 4.79 Å². The molecule has 1 aliphatic carbocycles. The van der Waals surface area contributed by atoms with Crippen LogP contribution in [0.5, 0.6) is 5.75 Å². The van der Waals surface area contributed by atoms with Gasteiger partial charge in [-0.15, -0.1) is 0 Å². The Balaban J connectivity index is 2.17. The van der Waals surface area contributed by atoms with Crippen LogP contribution in [0.25, 0.3) is 0 Å². The summed E-state index contributed by atoms with van der Waals surface area (Å²) in [4.78, 5) is 14.5. The molecule has 0 spiro atoms. The lowest BCUT2D eigenvalue weighted by Gasteiger charge is -2.37. The maximum Gasteiger partial charge on any atom is 0.257 e. The van der Waals surface area contributed by atoms with Crippen LogP contribution < -0.4 is 0 Å². The number of nitrogens with zero attached hydrogens (tertiary/aromatic N) is 1. The summed E-state index contributed by atoms with van der Waals surface area (Å²) in [5.74, 6) is 0.0521. The zero-order valence-electron chi connectivity index (χ0n) is 11.2. The summed E-state index contributed by atoms with van der Waals surface area (Å²) in [7, 11) is 0. The highest BCUT2D eigenvalue weighted by atomic mass is 79.9. The number of halogens is 1. The molecule has 0 aromatic heterocycles. The Morgan fingerprint density at radius 2 is 2.21 bits per heavy atom. The Labute approximate surface area is 122 Å². The van der Waals surface area contributed by atoms with Crippen molar-refractivity contribution < 1.29 is 9.90 Å². The van der Waals surface area contributed by atoms with Crippen LogP contribution in [-0.2, 0) is 0 Å². The molecule has 104 valence electrons. The van der Waals surface area contributed by atoms with Gasteiger partial charge in [-0.05, 0) is 50.3 Å². The molecular weight excluding hydrogens is 306 g/mol. The highest BCUT2D eigenvalue weighted by Gasteiger charge is 2.29. The molecule has 0 radical (unpaired) electrons. The van der Waals surface area contributed by atoms with E-state index in [2.05, 4.69) is 15.9 Å². The van der Waals surface area contributed by atoms with Gasteiger partial charge in [0.1, 0.15) is 5.75 Å². The molecule has 1 N–H and O–H groups in total. The molecule has 0 heterocycles. The minimum Gasteiger partial charge on any atom is -0.507 e. The molecule has 19 heavy (non-hydrogen) atoms. The molecule has 2 rings (SSSR count). The minimum absolute atomic E-state index is 0.0387. The minimum atomic E-state index is -0.0387. The lowest BCUT2D eigenvalue weighted by atomic mass is 9.90. The number of phenolic OH excluding ortho intramolecular Hbond substituents is 1. The Morgan fingerprint density at radius 3 is 2.74 bits per heavy atom. The number of carbonyl (C=O) groups excluding carboxylic acids is 1. The third kappa shape index (κ3) is 3.30. The van der Waals surface area contributed by atoms with E-state index in [9.17, 15) is 9.90 Å². The Hall–Kier alpha value is -1.03. The zero-order valence-corrected chi connectivity index (χ0v) is 12.8. The maximum absolute atomic E-state index is 12.6. The predicted octanol–water partition coefficient (Wildman–Crippen LogP) is 3.48. The maximum atomic E-state index is 12.6. The Kier molecular flexibility index (Phi) is 4.86. The van der Waals surface area contributed by atoms with E-state index in [1.807, 2.05) is 17.9 Å². The molecule has 1 fully saturated rings. The van der Waals surface area contributed by atoms with E-state index in [1.165, 1.54) is 6.42 Å². The van der Waals surface area contributed by atoms with Crippen molar-refractivity contribution in [1.29, 1.82) is 0 Å². The summed E-state index contributed by atoms with van der Waals surface area (Å²) < 4.78 is 0. The quantitative estimate of drug-likeness (QED) is 0.842. The smallest absolute Gasteiger partial charge is 0.257 e. The van der Waals surface area contributed by atoms with Gasteiger partial charge in [0.15, 0.2) is 0 Å². The zero-order chi connectivity index (χ0) is 13.8. The third-order valence-electron chi connectivity index (χ3n) is 3.69. The molecule has 4 heteroatoms. The number of rotatable bonds is 5. The van der Waals surface area contributed by atoms with Crippen LogP contribution in [0.4, 0.5) is 0 Å². The van der Waals surface area contributed by atoms with Gasteiger partial charge >= 0.3 is 0 Å². The number of hydrogen-bond acceptors (Lipinski definition) is 2. The molecule has 0 atom stereocenters. The van der Waals surface area contributed by atoms with E-state index in [1.54, 1.807) is 12.1 Å². The predicted molar refractivity (Wildman–Crippen MR) is 79.9 cm³/mol. The second kappa shape index (κ2) is 6.42. The normalized spacial score (nSPS) is 15.1. The van der Waals surface area contributed by atoms with E-state index in [0.29, 0.717) is 11.6 Å². The van der Waals surface area contributed by atoms with Crippen molar-refractivity contribution in [2.24, 2.45) is 0 Å². The van der Waals surface area contributed by atoms with Gasteiger partial charge in [0.25, 0.3) is 5.91 Å². The van der Waals surface area contributed by atoms with Crippen molar-refractivity contribution in [3.8, 4) is 5.75 Å². The lowest BCUT2D eigenvalue weighted by molar-refractivity contribution is 0.0578. The van der Waals surface area contributed by atoms with Crippen LogP contribution in [0.15, 0.2) is 18.2 Å². The first-order valence-electron chi connectivity index (χ1n) is 6.80.